The zero-order chi connectivity index (χ0) is 19.0. The fourth-order valence-corrected chi connectivity index (χ4v) is 3.32. The second kappa shape index (κ2) is 6.69. The summed E-state index contributed by atoms with van der Waals surface area (Å²) in [5.41, 5.74) is 3.79. The molecule has 3 aromatic rings. The monoisotopic (exact) mass is 355 g/mol. The van der Waals surface area contributed by atoms with Crippen LogP contribution in [0.2, 0.25) is 0 Å². The van der Waals surface area contributed by atoms with Gasteiger partial charge in [0.2, 0.25) is 0 Å². The smallest absolute Gasteiger partial charge is 0.135 e. The summed E-state index contributed by atoms with van der Waals surface area (Å²) < 4.78 is 6.10. The van der Waals surface area contributed by atoms with Crippen LogP contribution in [-0.2, 0) is 0 Å². The molecule has 27 heavy (non-hydrogen) atoms. The SMILES string of the molecule is CN1C=CC(c2ccc(-c3ccc4cc(N(C)C)ccc4c3)o2)=C(C#N)C1. The van der Waals surface area contributed by atoms with Crippen molar-refractivity contribution in [2.75, 3.05) is 32.6 Å². The third kappa shape index (κ3) is 3.20. The first-order valence-corrected chi connectivity index (χ1v) is 8.88. The molecule has 0 bridgehead atoms. The van der Waals surface area contributed by atoms with Crippen molar-refractivity contribution in [3.63, 3.8) is 0 Å². The van der Waals surface area contributed by atoms with E-state index in [1.165, 1.54) is 16.5 Å². The summed E-state index contributed by atoms with van der Waals surface area (Å²) in [6, 6.07) is 19.0. The van der Waals surface area contributed by atoms with Crippen LogP contribution in [-0.4, -0.2) is 32.6 Å². The van der Waals surface area contributed by atoms with E-state index in [1.807, 2.05) is 50.5 Å². The molecule has 0 unspecified atom stereocenters. The summed E-state index contributed by atoms with van der Waals surface area (Å²) >= 11 is 0. The molecule has 4 heteroatoms. The number of likely N-dealkylation sites (N-methyl/N-ethyl adjacent to an activating group) is 1. The van der Waals surface area contributed by atoms with Gasteiger partial charge in [0, 0.05) is 38.0 Å². The Morgan fingerprint density at radius 2 is 1.74 bits per heavy atom. The lowest BCUT2D eigenvalue weighted by Gasteiger charge is -2.19. The van der Waals surface area contributed by atoms with Crippen LogP contribution >= 0.6 is 0 Å². The van der Waals surface area contributed by atoms with Crippen LogP contribution < -0.4 is 4.90 Å². The molecule has 0 radical (unpaired) electrons. The van der Waals surface area contributed by atoms with Crippen LogP contribution in [0.25, 0.3) is 27.7 Å². The molecule has 4 nitrogen and oxygen atoms in total. The first-order valence-electron chi connectivity index (χ1n) is 8.88. The lowest BCUT2D eigenvalue weighted by atomic mass is 10.0. The first kappa shape index (κ1) is 17.0. The standard InChI is InChI=1S/C23H21N3O/c1-25(2)20-7-6-16-12-18(5-4-17(16)13-20)22-8-9-23(27-22)21-10-11-26(3)15-19(21)14-24/h4-13H,15H2,1-3H3. The predicted octanol–water partition coefficient (Wildman–Crippen LogP) is 4.90. The second-order valence-electron chi connectivity index (χ2n) is 7.04. The summed E-state index contributed by atoms with van der Waals surface area (Å²) in [7, 11) is 6.04. The van der Waals surface area contributed by atoms with E-state index in [4.69, 9.17) is 4.42 Å². The molecule has 0 amide bonds. The summed E-state index contributed by atoms with van der Waals surface area (Å²) in [6.45, 7) is 0.600. The number of furan rings is 1. The molecule has 2 heterocycles. The van der Waals surface area contributed by atoms with Crippen LogP contribution in [0.5, 0.6) is 0 Å². The van der Waals surface area contributed by atoms with Crippen molar-refractivity contribution in [2.45, 2.75) is 0 Å². The van der Waals surface area contributed by atoms with Gasteiger partial charge < -0.3 is 14.2 Å². The molecular weight excluding hydrogens is 334 g/mol. The van der Waals surface area contributed by atoms with Crippen LogP contribution in [0.1, 0.15) is 5.76 Å². The highest BCUT2D eigenvalue weighted by Gasteiger charge is 2.16. The molecular formula is C23H21N3O. The molecule has 0 N–H and O–H groups in total. The number of fused-ring (bicyclic) bond motifs is 1. The van der Waals surface area contributed by atoms with E-state index in [1.54, 1.807) is 0 Å². The summed E-state index contributed by atoms with van der Waals surface area (Å²) in [5.74, 6) is 1.54. The number of hydrogen-bond donors (Lipinski definition) is 0. The largest absolute Gasteiger partial charge is 0.456 e. The number of nitrogens with zero attached hydrogens (tertiary/aromatic N) is 3. The van der Waals surface area contributed by atoms with E-state index in [-0.39, 0.29) is 0 Å². The van der Waals surface area contributed by atoms with E-state index in [0.717, 1.165) is 28.2 Å². The number of anilines is 1. The van der Waals surface area contributed by atoms with Crippen molar-refractivity contribution in [3.05, 3.63) is 72.1 Å². The number of allylic oxidation sites excluding steroid dienone is 2. The predicted molar refractivity (Wildman–Crippen MR) is 110 cm³/mol. The molecule has 1 aliphatic heterocycles. The Hall–Kier alpha value is -3.45. The van der Waals surface area contributed by atoms with E-state index < -0.39 is 0 Å². The Labute approximate surface area is 159 Å². The van der Waals surface area contributed by atoms with Gasteiger partial charge in [-0.3, -0.25) is 0 Å². The van der Waals surface area contributed by atoms with Crippen molar-refractivity contribution < 1.29 is 4.42 Å². The number of rotatable bonds is 3. The van der Waals surface area contributed by atoms with E-state index in [9.17, 15) is 5.26 Å². The van der Waals surface area contributed by atoms with Gasteiger partial charge in [-0.05, 0) is 53.4 Å². The molecule has 1 aromatic heterocycles. The Morgan fingerprint density at radius 3 is 2.52 bits per heavy atom. The fraction of sp³-hybridized carbons (Fsp3) is 0.174. The van der Waals surface area contributed by atoms with Gasteiger partial charge in [-0.25, -0.2) is 0 Å². The zero-order valence-electron chi connectivity index (χ0n) is 15.7. The van der Waals surface area contributed by atoms with Gasteiger partial charge in [0.05, 0.1) is 18.2 Å². The van der Waals surface area contributed by atoms with Gasteiger partial charge in [0.1, 0.15) is 11.5 Å². The highest BCUT2D eigenvalue weighted by Crippen LogP contribution is 2.32. The van der Waals surface area contributed by atoms with Crippen molar-refractivity contribution >= 4 is 22.0 Å². The maximum absolute atomic E-state index is 9.43. The molecule has 134 valence electrons. The average molecular weight is 355 g/mol. The van der Waals surface area contributed by atoms with E-state index in [0.29, 0.717) is 6.54 Å². The normalized spacial score (nSPS) is 13.9. The Morgan fingerprint density at radius 1 is 1.00 bits per heavy atom. The molecule has 0 fully saturated rings. The minimum absolute atomic E-state index is 0.600. The fourth-order valence-electron chi connectivity index (χ4n) is 3.32. The zero-order valence-corrected chi connectivity index (χ0v) is 15.7. The Bertz CT molecular complexity index is 1110. The van der Waals surface area contributed by atoms with E-state index >= 15 is 0 Å². The lowest BCUT2D eigenvalue weighted by Crippen LogP contribution is -2.17. The molecule has 0 saturated carbocycles. The van der Waals surface area contributed by atoms with Crippen LogP contribution in [0.3, 0.4) is 0 Å². The van der Waals surface area contributed by atoms with Crippen molar-refractivity contribution in [1.29, 1.82) is 5.26 Å². The van der Waals surface area contributed by atoms with Crippen LogP contribution in [0.15, 0.2) is 70.8 Å². The second-order valence-corrected chi connectivity index (χ2v) is 7.04. The highest BCUT2D eigenvalue weighted by molar-refractivity contribution is 5.89. The first-order chi connectivity index (χ1) is 13.0. The summed E-state index contributed by atoms with van der Waals surface area (Å²) in [6.07, 6.45) is 3.91. The van der Waals surface area contributed by atoms with E-state index in [2.05, 4.69) is 47.4 Å². The van der Waals surface area contributed by atoms with Gasteiger partial charge in [-0.2, -0.15) is 5.26 Å². The van der Waals surface area contributed by atoms with Gasteiger partial charge >= 0.3 is 0 Å². The van der Waals surface area contributed by atoms with Crippen molar-refractivity contribution in [3.8, 4) is 17.4 Å². The molecule has 2 aromatic carbocycles. The minimum atomic E-state index is 0.600. The summed E-state index contributed by atoms with van der Waals surface area (Å²) in [5, 5.41) is 11.8. The Balaban J connectivity index is 1.70. The molecule has 0 saturated heterocycles. The number of hydrogen-bond acceptors (Lipinski definition) is 4. The average Bonchev–Trinajstić information content (AvgIpc) is 3.16. The Kier molecular flexibility index (Phi) is 4.21. The molecule has 4 rings (SSSR count). The third-order valence-corrected chi connectivity index (χ3v) is 4.86. The highest BCUT2D eigenvalue weighted by atomic mass is 16.3. The lowest BCUT2D eigenvalue weighted by molar-refractivity contribution is 0.495. The van der Waals surface area contributed by atoms with Crippen molar-refractivity contribution in [1.82, 2.24) is 4.90 Å². The summed E-state index contributed by atoms with van der Waals surface area (Å²) in [4.78, 5) is 4.08. The number of nitriles is 1. The number of benzene rings is 2. The van der Waals surface area contributed by atoms with Crippen LogP contribution in [0.4, 0.5) is 5.69 Å². The molecule has 0 atom stereocenters. The van der Waals surface area contributed by atoms with Gasteiger partial charge in [0.15, 0.2) is 0 Å². The third-order valence-electron chi connectivity index (χ3n) is 4.86. The van der Waals surface area contributed by atoms with Crippen LogP contribution in [0, 0.1) is 11.3 Å². The minimum Gasteiger partial charge on any atom is -0.456 e. The molecule has 1 aliphatic rings. The van der Waals surface area contributed by atoms with Gasteiger partial charge in [-0.15, -0.1) is 0 Å². The van der Waals surface area contributed by atoms with Gasteiger partial charge in [0.25, 0.3) is 0 Å². The quantitative estimate of drug-likeness (QED) is 0.670. The van der Waals surface area contributed by atoms with Crippen molar-refractivity contribution in [2.24, 2.45) is 0 Å². The van der Waals surface area contributed by atoms with Gasteiger partial charge in [-0.1, -0.05) is 18.2 Å². The maximum atomic E-state index is 9.43. The maximum Gasteiger partial charge on any atom is 0.135 e. The molecule has 0 spiro atoms. The topological polar surface area (TPSA) is 43.4 Å². The molecule has 0 aliphatic carbocycles.